The molecule has 0 aliphatic carbocycles. The van der Waals surface area contributed by atoms with E-state index in [1.54, 1.807) is 18.2 Å². The van der Waals surface area contributed by atoms with Gasteiger partial charge in [-0.3, -0.25) is 9.78 Å². The summed E-state index contributed by atoms with van der Waals surface area (Å²) in [4.78, 5) is 16.1. The molecule has 1 heterocycles. The molecule has 19 heavy (non-hydrogen) atoms. The van der Waals surface area contributed by atoms with Gasteiger partial charge in [-0.05, 0) is 12.1 Å². The number of para-hydroxylation sites is 1. The van der Waals surface area contributed by atoms with Crippen LogP contribution in [0.25, 0.3) is 10.9 Å². The van der Waals surface area contributed by atoms with Gasteiger partial charge in [-0.2, -0.15) is 0 Å². The van der Waals surface area contributed by atoms with Crippen molar-refractivity contribution in [1.82, 2.24) is 10.3 Å². The maximum absolute atomic E-state index is 12.0. The molecular weight excluding hydrogens is 266 g/mol. The number of nitrogens with one attached hydrogen (secondary N) is 1. The number of nitrogens with two attached hydrogens (primary N) is 1. The van der Waals surface area contributed by atoms with E-state index in [1.807, 2.05) is 12.1 Å². The van der Waals surface area contributed by atoms with Gasteiger partial charge in [0.05, 0.1) is 16.8 Å². The smallest absolute Gasteiger partial charge is 0.252 e. The summed E-state index contributed by atoms with van der Waals surface area (Å²) in [5.41, 5.74) is 1.17. The first-order valence-corrected chi connectivity index (χ1v) is 7.31. The van der Waals surface area contributed by atoms with E-state index < -0.39 is 10.0 Å². The minimum atomic E-state index is -3.57. The van der Waals surface area contributed by atoms with Gasteiger partial charge < -0.3 is 5.32 Å². The van der Waals surface area contributed by atoms with Crippen molar-refractivity contribution in [3.05, 3.63) is 42.1 Å². The summed E-state index contributed by atoms with van der Waals surface area (Å²) >= 11 is 0. The van der Waals surface area contributed by atoms with Crippen molar-refractivity contribution in [3.8, 4) is 0 Å². The minimum Gasteiger partial charge on any atom is -0.351 e. The summed E-state index contributed by atoms with van der Waals surface area (Å²) < 4.78 is 21.6. The summed E-state index contributed by atoms with van der Waals surface area (Å²) in [7, 11) is -3.57. The van der Waals surface area contributed by atoms with Crippen LogP contribution in [0.5, 0.6) is 0 Å². The predicted octanol–water partition coefficient (Wildman–Crippen LogP) is 0.253. The normalized spacial score (nSPS) is 11.4. The van der Waals surface area contributed by atoms with Gasteiger partial charge in [0.25, 0.3) is 5.91 Å². The Morgan fingerprint density at radius 1 is 1.26 bits per heavy atom. The summed E-state index contributed by atoms with van der Waals surface area (Å²) in [5, 5.41) is 8.10. The molecule has 6 nitrogen and oxygen atoms in total. The molecule has 3 N–H and O–H groups in total. The zero-order valence-corrected chi connectivity index (χ0v) is 10.9. The van der Waals surface area contributed by atoms with Gasteiger partial charge >= 0.3 is 0 Å². The van der Waals surface area contributed by atoms with Crippen molar-refractivity contribution in [2.24, 2.45) is 5.14 Å². The first kappa shape index (κ1) is 13.4. The Balaban J connectivity index is 2.18. The summed E-state index contributed by atoms with van der Waals surface area (Å²) in [5.74, 6) is -0.635. The highest BCUT2D eigenvalue weighted by molar-refractivity contribution is 7.89. The average molecular weight is 279 g/mol. The molecule has 7 heteroatoms. The number of sulfonamides is 1. The first-order valence-electron chi connectivity index (χ1n) is 5.60. The first-order chi connectivity index (χ1) is 8.97. The van der Waals surface area contributed by atoms with E-state index in [2.05, 4.69) is 10.3 Å². The molecular formula is C12H13N3O3S. The number of amides is 1. The summed E-state index contributed by atoms with van der Waals surface area (Å²) in [6, 6.07) is 8.82. The quantitative estimate of drug-likeness (QED) is 0.837. The second kappa shape index (κ2) is 5.33. The molecule has 0 saturated heterocycles. The van der Waals surface area contributed by atoms with Crippen LogP contribution >= 0.6 is 0 Å². The SMILES string of the molecule is NS(=O)(=O)CCNC(=O)c1ccnc2ccccc12. The van der Waals surface area contributed by atoms with Gasteiger partial charge in [0, 0.05) is 18.1 Å². The molecule has 1 aromatic heterocycles. The number of pyridine rings is 1. The lowest BCUT2D eigenvalue weighted by atomic mass is 10.1. The molecule has 0 saturated carbocycles. The lowest BCUT2D eigenvalue weighted by molar-refractivity contribution is 0.0957. The van der Waals surface area contributed by atoms with Crippen LogP contribution in [0.3, 0.4) is 0 Å². The number of primary sulfonamides is 1. The van der Waals surface area contributed by atoms with Crippen LogP contribution in [0.4, 0.5) is 0 Å². The van der Waals surface area contributed by atoms with Crippen LogP contribution in [0.1, 0.15) is 10.4 Å². The topological polar surface area (TPSA) is 102 Å². The van der Waals surface area contributed by atoms with Crippen LogP contribution in [0.2, 0.25) is 0 Å². The highest BCUT2D eigenvalue weighted by atomic mass is 32.2. The van der Waals surface area contributed by atoms with Crippen LogP contribution in [0, 0.1) is 0 Å². The number of carbonyl (C=O) groups excluding carboxylic acids is 1. The zero-order valence-electron chi connectivity index (χ0n) is 10.0. The number of nitrogens with zero attached hydrogens (tertiary/aromatic N) is 1. The van der Waals surface area contributed by atoms with E-state index in [-0.39, 0.29) is 18.2 Å². The standard InChI is InChI=1S/C12H13N3O3S/c13-19(17,18)8-7-15-12(16)10-5-6-14-11-4-2-1-3-9(10)11/h1-6H,7-8H2,(H,15,16)(H2,13,17,18). The van der Waals surface area contributed by atoms with E-state index >= 15 is 0 Å². The largest absolute Gasteiger partial charge is 0.351 e. The third kappa shape index (κ3) is 3.49. The molecule has 1 amide bonds. The van der Waals surface area contributed by atoms with Crippen molar-refractivity contribution in [3.63, 3.8) is 0 Å². The zero-order chi connectivity index (χ0) is 13.9. The molecule has 0 aliphatic heterocycles. The van der Waals surface area contributed by atoms with E-state index in [0.717, 1.165) is 5.39 Å². The molecule has 1 aromatic carbocycles. The molecule has 100 valence electrons. The number of rotatable bonds is 4. The Labute approximate surface area is 110 Å². The Morgan fingerprint density at radius 2 is 2.00 bits per heavy atom. The number of hydrogen-bond acceptors (Lipinski definition) is 4. The van der Waals surface area contributed by atoms with Crippen LogP contribution in [0.15, 0.2) is 36.5 Å². The lowest BCUT2D eigenvalue weighted by Gasteiger charge is -2.06. The molecule has 0 bridgehead atoms. The number of benzene rings is 1. The maximum atomic E-state index is 12.0. The Kier molecular flexibility index (Phi) is 3.77. The highest BCUT2D eigenvalue weighted by Gasteiger charge is 2.10. The average Bonchev–Trinajstić information content (AvgIpc) is 2.36. The third-order valence-corrected chi connectivity index (χ3v) is 3.34. The van der Waals surface area contributed by atoms with Crippen LogP contribution in [-0.2, 0) is 10.0 Å². The Morgan fingerprint density at radius 3 is 2.74 bits per heavy atom. The molecule has 0 unspecified atom stereocenters. The van der Waals surface area contributed by atoms with Crippen molar-refractivity contribution in [1.29, 1.82) is 0 Å². The number of fused-ring (bicyclic) bond motifs is 1. The molecule has 0 aliphatic rings. The maximum Gasteiger partial charge on any atom is 0.252 e. The summed E-state index contributed by atoms with van der Waals surface area (Å²) in [6.07, 6.45) is 1.54. The fourth-order valence-corrected chi connectivity index (χ4v) is 2.08. The van der Waals surface area contributed by atoms with E-state index in [9.17, 15) is 13.2 Å². The molecule has 0 radical (unpaired) electrons. The molecule has 0 atom stereocenters. The lowest BCUT2D eigenvalue weighted by Crippen LogP contribution is -2.31. The van der Waals surface area contributed by atoms with Crippen molar-refractivity contribution in [2.75, 3.05) is 12.3 Å². The summed E-state index contributed by atoms with van der Waals surface area (Å²) in [6.45, 7) is -0.0195. The van der Waals surface area contributed by atoms with E-state index in [0.29, 0.717) is 11.1 Å². The van der Waals surface area contributed by atoms with Gasteiger partial charge in [-0.15, -0.1) is 0 Å². The van der Waals surface area contributed by atoms with Crippen LogP contribution < -0.4 is 10.5 Å². The number of carbonyl (C=O) groups is 1. The number of hydrogen-bond donors (Lipinski definition) is 2. The van der Waals surface area contributed by atoms with Gasteiger partial charge in [-0.25, -0.2) is 13.6 Å². The van der Waals surface area contributed by atoms with Gasteiger partial charge in [-0.1, -0.05) is 18.2 Å². The predicted molar refractivity (Wildman–Crippen MR) is 72.1 cm³/mol. The van der Waals surface area contributed by atoms with Crippen LogP contribution in [-0.4, -0.2) is 31.6 Å². The van der Waals surface area contributed by atoms with Crippen molar-refractivity contribution < 1.29 is 13.2 Å². The third-order valence-electron chi connectivity index (χ3n) is 2.57. The second-order valence-corrected chi connectivity index (χ2v) is 5.73. The molecule has 0 spiro atoms. The van der Waals surface area contributed by atoms with Gasteiger partial charge in [0.2, 0.25) is 10.0 Å². The second-order valence-electron chi connectivity index (χ2n) is 4.00. The molecule has 2 aromatic rings. The van der Waals surface area contributed by atoms with Gasteiger partial charge in [0.1, 0.15) is 0 Å². The van der Waals surface area contributed by atoms with E-state index in [4.69, 9.17) is 5.14 Å². The number of aromatic nitrogens is 1. The molecule has 0 fully saturated rings. The molecule has 2 rings (SSSR count). The van der Waals surface area contributed by atoms with Gasteiger partial charge in [0.15, 0.2) is 0 Å². The Hall–Kier alpha value is -1.99. The monoisotopic (exact) mass is 279 g/mol. The van der Waals surface area contributed by atoms with E-state index in [1.165, 1.54) is 6.20 Å². The van der Waals surface area contributed by atoms with Crippen molar-refractivity contribution >= 4 is 26.8 Å². The van der Waals surface area contributed by atoms with Crippen molar-refractivity contribution in [2.45, 2.75) is 0 Å². The minimum absolute atomic E-state index is 0.0195. The fourth-order valence-electron chi connectivity index (χ4n) is 1.70. The Bertz CT molecular complexity index is 708. The fraction of sp³-hybridized carbons (Fsp3) is 0.167. The highest BCUT2D eigenvalue weighted by Crippen LogP contribution is 2.15.